The fraction of sp³-hybridized carbons (Fsp3) is 0.292. The van der Waals surface area contributed by atoms with Gasteiger partial charge in [-0.2, -0.15) is 15.5 Å². The van der Waals surface area contributed by atoms with Crippen LogP contribution in [0.25, 0.3) is 10.9 Å². The number of urea groups is 2. The second kappa shape index (κ2) is 20.2. The second-order valence-corrected chi connectivity index (χ2v) is 17.8. The SMILES string of the molecule is CC1(C)OB(c2cc(F)cc(C#N)c2)OC1(C)C.O=C(N1CC(=CBr)C1)N1N=CC[C@H]1c1cc(F)cc(F)c1.[C-]#[N+]c1cc(F)cc(C=C2CN(C(=O)N3N=CC[C@H]3c3cc(F)cc(F)c3)C2)c1. The smallest absolute Gasteiger partial charge is 0.399 e. The van der Waals surface area contributed by atoms with E-state index in [0.29, 0.717) is 61.2 Å². The minimum Gasteiger partial charge on any atom is -0.399 e. The Hall–Kier alpha value is -6.74. The van der Waals surface area contributed by atoms with Gasteiger partial charge in [-0.05, 0) is 127 Å². The zero-order valence-electron chi connectivity index (χ0n) is 37.1. The number of carbonyl (C=O) groups is 2. The molecule has 20 heteroatoms. The third-order valence-corrected chi connectivity index (χ3v) is 12.5. The summed E-state index contributed by atoms with van der Waals surface area (Å²) in [5, 5.41) is 19.5. The maximum atomic E-state index is 13.5. The summed E-state index contributed by atoms with van der Waals surface area (Å²) in [5.41, 5.74) is 3.38. The second-order valence-electron chi connectivity index (χ2n) is 17.4. The molecule has 0 aromatic heterocycles. The Kier molecular flexibility index (Phi) is 14.6. The van der Waals surface area contributed by atoms with Crippen LogP contribution in [0.5, 0.6) is 0 Å². The van der Waals surface area contributed by atoms with Crippen LogP contribution in [0.15, 0.2) is 99.1 Å². The van der Waals surface area contributed by atoms with E-state index in [0.717, 1.165) is 29.3 Å². The lowest BCUT2D eigenvalue weighted by Gasteiger charge is -2.37. The standard InChI is InChI=1S/C21H15F3N4O.C14H12BrF2N3O.C13H15BFNO2/c1-25-19-6-13(5-16(22)10-19)4-14-11-27(12-14)21(29)28-20(2-3-26-28)15-7-17(23)9-18(24)8-15;15-6-9-7-19(8-9)14(21)20-13(1-2-18-20)10-3-11(16)5-12(17)4-10;1-12(2)13(3,4)18-14(17-12)10-5-9(8-16)6-11(15)7-10/h3-10,20H,2,11-12H2;2-6,13H,1,7-8H2;5-7H,1-4H3/t20-;13-;/m00./s1. The average Bonchev–Trinajstić information content (AvgIpc) is 3.99. The van der Waals surface area contributed by atoms with Crippen molar-refractivity contribution < 1.29 is 45.2 Å². The molecule has 4 aromatic carbocycles. The van der Waals surface area contributed by atoms with Crippen molar-refractivity contribution in [3.63, 3.8) is 0 Å². The highest BCUT2D eigenvalue weighted by Gasteiger charge is 2.52. The van der Waals surface area contributed by atoms with E-state index in [1.165, 1.54) is 57.4 Å². The number of carbonyl (C=O) groups excluding carboxylic acids is 2. The van der Waals surface area contributed by atoms with E-state index >= 15 is 0 Å². The topological polar surface area (TPSA) is 118 Å². The van der Waals surface area contributed by atoms with Gasteiger partial charge in [0.25, 0.3) is 0 Å². The van der Waals surface area contributed by atoms with E-state index in [1.807, 2.05) is 33.8 Å². The van der Waals surface area contributed by atoms with Gasteiger partial charge in [0, 0.05) is 63.6 Å². The fourth-order valence-corrected chi connectivity index (χ4v) is 7.96. The van der Waals surface area contributed by atoms with E-state index in [-0.39, 0.29) is 23.3 Å². The Morgan fingerprint density at radius 1 is 0.706 bits per heavy atom. The van der Waals surface area contributed by atoms with Gasteiger partial charge in [-0.1, -0.05) is 22.0 Å². The molecule has 0 saturated carbocycles. The first-order chi connectivity index (χ1) is 32.3. The van der Waals surface area contributed by atoms with Crippen LogP contribution in [-0.2, 0) is 9.31 Å². The molecule has 4 aromatic rings. The monoisotopic (exact) mass is 998 g/mol. The number of likely N-dealkylation sites (tertiary alicyclic amines) is 2. The first-order valence-corrected chi connectivity index (χ1v) is 22.0. The molecule has 0 radical (unpaired) electrons. The summed E-state index contributed by atoms with van der Waals surface area (Å²) >= 11 is 3.22. The lowest BCUT2D eigenvalue weighted by molar-refractivity contribution is 0.00578. The number of nitriles is 1. The van der Waals surface area contributed by atoms with E-state index in [9.17, 15) is 35.9 Å². The predicted molar refractivity (Wildman–Crippen MR) is 247 cm³/mol. The van der Waals surface area contributed by atoms with Crippen LogP contribution in [0.3, 0.4) is 0 Å². The normalized spacial score (nSPS) is 19.5. The third-order valence-electron chi connectivity index (χ3n) is 11.8. The van der Waals surface area contributed by atoms with Gasteiger partial charge in [0.15, 0.2) is 5.69 Å². The fourth-order valence-electron chi connectivity index (χ4n) is 7.67. The minimum absolute atomic E-state index is 0.209. The van der Waals surface area contributed by atoms with E-state index in [2.05, 4.69) is 31.0 Å². The van der Waals surface area contributed by atoms with Crippen molar-refractivity contribution in [2.75, 3.05) is 26.2 Å². The lowest BCUT2D eigenvalue weighted by Crippen LogP contribution is -2.49. The molecule has 5 heterocycles. The van der Waals surface area contributed by atoms with Crippen molar-refractivity contribution in [1.29, 1.82) is 5.26 Å². The van der Waals surface area contributed by atoms with Crippen molar-refractivity contribution in [2.24, 2.45) is 10.2 Å². The molecule has 0 unspecified atom stereocenters. The van der Waals surface area contributed by atoms with Crippen molar-refractivity contribution in [1.82, 2.24) is 19.8 Å². The molecule has 5 aliphatic heterocycles. The molecule has 5 aliphatic rings. The lowest BCUT2D eigenvalue weighted by atomic mass is 9.78. The molecule has 350 valence electrons. The number of nitrogens with zero attached hydrogens (tertiary/aromatic N) is 8. The Bertz CT molecular complexity index is 2780. The highest BCUT2D eigenvalue weighted by atomic mass is 79.9. The highest BCUT2D eigenvalue weighted by molar-refractivity contribution is 9.11. The Morgan fingerprint density at radius 3 is 1.62 bits per heavy atom. The van der Waals surface area contributed by atoms with Crippen LogP contribution in [-0.4, -0.2) is 88.8 Å². The van der Waals surface area contributed by atoms with Gasteiger partial charge in [0.2, 0.25) is 0 Å². The van der Waals surface area contributed by atoms with Crippen molar-refractivity contribution >= 4 is 64.8 Å². The maximum absolute atomic E-state index is 13.5. The summed E-state index contributed by atoms with van der Waals surface area (Å²) in [5.74, 6) is -3.67. The summed E-state index contributed by atoms with van der Waals surface area (Å²) in [4.78, 5) is 33.3. The highest BCUT2D eigenvalue weighted by Crippen LogP contribution is 2.37. The molecule has 68 heavy (non-hydrogen) atoms. The van der Waals surface area contributed by atoms with Gasteiger partial charge in [0.05, 0.1) is 41.5 Å². The summed E-state index contributed by atoms with van der Waals surface area (Å²) in [6.07, 6.45) is 5.69. The van der Waals surface area contributed by atoms with E-state index < -0.39 is 65.3 Å². The molecule has 3 saturated heterocycles. The zero-order chi connectivity index (χ0) is 49.1. The Morgan fingerprint density at radius 2 is 1.16 bits per heavy atom. The molecule has 2 atom stereocenters. The van der Waals surface area contributed by atoms with Crippen LogP contribution in [0.1, 0.15) is 74.9 Å². The van der Waals surface area contributed by atoms with Gasteiger partial charge in [0.1, 0.15) is 34.9 Å². The first kappa shape index (κ1) is 49.2. The summed E-state index contributed by atoms with van der Waals surface area (Å²) in [6, 6.07) is 14.9. The molecule has 0 aliphatic carbocycles. The number of hydrogen-bond acceptors (Lipinski definition) is 7. The summed E-state index contributed by atoms with van der Waals surface area (Å²) < 4.78 is 92.3. The maximum Gasteiger partial charge on any atom is 0.494 e. The predicted octanol–water partition coefficient (Wildman–Crippen LogP) is 10.3. The number of rotatable bonds is 4. The van der Waals surface area contributed by atoms with E-state index in [4.69, 9.17) is 21.1 Å². The molecule has 12 nitrogen and oxygen atoms in total. The molecule has 9 rings (SSSR count). The van der Waals surface area contributed by atoms with Gasteiger partial charge in [-0.15, -0.1) is 0 Å². The van der Waals surface area contributed by atoms with Crippen LogP contribution >= 0.6 is 15.9 Å². The Labute approximate surface area is 397 Å². The van der Waals surface area contributed by atoms with Gasteiger partial charge in [-0.25, -0.2) is 50.8 Å². The number of hydrazone groups is 2. The molecule has 4 amide bonds. The molecule has 3 fully saturated rings. The average molecular weight is 1000 g/mol. The first-order valence-electron chi connectivity index (χ1n) is 21.1. The quantitative estimate of drug-likeness (QED) is 0.115. The van der Waals surface area contributed by atoms with Crippen molar-refractivity contribution in [2.45, 2.75) is 63.8 Å². The molecule has 0 bridgehead atoms. The van der Waals surface area contributed by atoms with Crippen molar-refractivity contribution in [3.8, 4) is 6.07 Å². The van der Waals surface area contributed by atoms with E-state index in [1.54, 1.807) is 40.5 Å². The number of benzene rings is 4. The number of hydrogen-bond donors (Lipinski definition) is 0. The molecule has 0 spiro atoms. The number of amides is 4. The van der Waals surface area contributed by atoms with Crippen LogP contribution in [0, 0.1) is 52.8 Å². The largest absolute Gasteiger partial charge is 0.494 e. The third kappa shape index (κ3) is 11.2. The molecule has 0 N–H and O–H groups in total. The number of halogens is 7. The minimum atomic E-state index is -0.706. The van der Waals surface area contributed by atoms with Gasteiger partial charge >= 0.3 is 19.2 Å². The Balaban J connectivity index is 0.000000156. The summed E-state index contributed by atoms with van der Waals surface area (Å²) in [7, 11) is -0.641. The van der Waals surface area contributed by atoms with Crippen LogP contribution in [0.2, 0.25) is 0 Å². The van der Waals surface area contributed by atoms with Gasteiger partial charge in [-0.3, -0.25) is 0 Å². The van der Waals surface area contributed by atoms with Gasteiger partial charge < -0.3 is 19.1 Å². The summed E-state index contributed by atoms with van der Waals surface area (Å²) in [6.45, 7) is 16.5. The zero-order valence-corrected chi connectivity index (χ0v) is 38.7. The molecular formula is C48H42BBrF6N8O4. The van der Waals surface area contributed by atoms with Crippen LogP contribution < -0.4 is 5.46 Å². The van der Waals surface area contributed by atoms with Crippen molar-refractivity contribution in [3.05, 3.63) is 158 Å². The van der Waals surface area contributed by atoms with Crippen LogP contribution in [0.4, 0.5) is 41.6 Å². The molecular weight excluding hydrogens is 957 g/mol.